The molecule has 0 unspecified atom stereocenters. The average molecular weight is 324 g/mol. The number of methoxy groups -OCH3 is 1. The van der Waals surface area contributed by atoms with Crippen molar-refractivity contribution < 1.29 is 9.15 Å². The second kappa shape index (κ2) is 7.50. The van der Waals surface area contributed by atoms with E-state index in [4.69, 9.17) is 9.15 Å². The van der Waals surface area contributed by atoms with Crippen molar-refractivity contribution in [2.24, 2.45) is 0 Å². The third-order valence-electron chi connectivity index (χ3n) is 3.49. The number of ether oxygens (including phenoxy) is 1. The standard InChI is InChI=1S/C18H20N4O2/c1-13-10-17(19-11-14-5-7-15(23-2)8-6-14)22-18(21-13)20-12-16-4-3-9-24-16/h3-10H,11-12H2,1-2H3,(H2,19,20,21,22). The number of aromatic nitrogens is 2. The van der Waals surface area contributed by atoms with Crippen LogP contribution in [0.15, 0.2) is 53.1 Å². The smallest absolute Gasteiger partial charge is 0.225 e. The molecule has 124 valence electrons. The van der Waals surface area contributed by atoms with Gasteiger partial charge >= 0.3 is 0 Å². The number of furan rings is 1. The van der Waals surface area contributed by atoms with Crippen molar-refractivity contribution in [3.8, 4) is 5.75 Å². The molecule has 0 bridgehead atoms. The van der Waals surface area contributed by atoms with E-state index in [1.54, 1.807) is 13.4 Å². The lowest BCUT2D eigenvalue weighted by Crippen LogP contribution is -2.07. The van der Waals surface area contributed by atoms with Crippen LogP contribution in [0, 0.1) is 6.92 Å². The fourth-order valence-corrected chi connectivity index (χ4v) is 2.25. The highest BCUT2D eigenvalue weighted by Gasteiger charge is 2.04. The number of nitrogens with one attached hydrogen (secondary N) is 2. The second-order valence-electron chi connectivity index (χ2n) is 5.35. The number of nitrogens with zero attached hydrogens (tertiary/aromatic N) is 2. The summed E-state index contributed by atoms with van der Waals surface area (Å²) in [7, 11) is 1.66. The van der Waals surface area contributed by atoms with Crippen LogP contribution in [-0.2, 0) is 13.1 Å². The van der Waals surface area contributed by atoms with Gasteiger partial charge in [-0.15, -0.1) is 0 Å². The molecule has 0 atom stereocenters. The van der Waals surface area contributed by atoms with Gasteiger partial charge in [0, 0.05) is 18.3 Å². The van der Waals surface area contributed by atoms with Crippen molar-refractivity contribution in [3.05, 3.63) is 65.7 Å². The van der Waals surface area contributed by atoms with Crippen LogP contribution >= 0.6 is 0 Å². The van der Waals surface area contributed by atoms with Crippen molar-refractivity contribution in [2.45, 2.75) is 20.0 Å². The maximum absolute atomic E-state index is 5.30. The Hall–Kier alpha value is -3.02. The molecule has 24 heavy (non-hydrogen) atoms. The SMILES string of the molecule is COc1ccc(CNc2cc(C)nc(NCc3ccco3)n2)cc1. The zero-order valence-electron chi connectivity index (χ0n) is 13.7. The fourth-order valence-electron chi connectivity index (χ4n) is 2.25. The first-order chi connectivity index (χ1) is 11.7. The van der Waals surface area contributed by atoms with E-state index in [0.29, 0.717) is 19.0 Å². The number of anilines is 2. The van der Waals surface area contributed by atoms with Gasteiger partial charge in [0.25, 0.3) is 0 Å². The second-order valence-corrected chi connectivity index (χ2v) is 5.35. The van der Waals surface area contributed by atoms with Crippen LogP contribution in [-0.4, -0.2) is 17.1 Å². The van der Waals surface area contributed by atoms with E-state index in [0.717, 1.165) is 28.6 Å². The fraction of sp³-hybridized carbons (Fsp3) is 0.222. The van der Waals surface area contributed by atoms with Gasteiger partial charge in [-0.05, 0) is 36.8 Å². The molecule has 0 saturated heterocycles. The Morgan fingerprint density at radius 2 is 1.88 bits per heavy atom. The van der Waals surface area contributed by atoms with Gasteiger partial charge in [0.2, 0.25) is 5.95 Å². The van der Waals surface area contributed by atoms with Crippen LogP contribution in [0.3, 0.4) is 0 Å². The van der Waals surface area contributed by atoms with Gasteiger partial charge in [-0.1, -0.05) is 12.1 Å². The van der Waals surface area contributed by atoms with Gasteiger partial charge in [0.15, 0.2) is 0 Å². The molecular weight excluding hydrogens is 304 g/mol. The Labute approximate surface area is 140 Å². The lowest BCUT2D eigenvalue weighted by Gasteiger charge is -2.10. The summed E-state index contributed by atoms with van der Waals surface area (Å²) < 4.78 is 10.5. The third-order valence-corrected chi connectivity index (χ3v) is 3.49. The summed E-state index contributed by atoms with van der Waals surface area (Å²) in [5.41, 5.74) is 2.04. The van der Waals surface area contributed by atoms with Crippen LogP contribution in [0.25, 0.3) is 0 Å². The minimum atomic E-state index is 0.550. The minimum absolute atomic E-state index is 0.550. The molecule has 3 aromatic rings. The van der Waals surface area contributed by atoms with Gasteiger partial charge in [0.05, 0.1) is 19.9 Å². The van der Waals surface area contributed by atoms with Crippen LogP contribution in [0.5, 0.6) is 5.75 Å². The van der Waals surface area contributed by atoms with Crippen LogP contribution in [0.1, 0.15) is 17.0 Å². The molecule has 3 rings (SSSR count). The molecule has 1 aromatic carbocycles. The quantitative estimate of drug-likeness (QED) is 0.692. The maximum atomic E-state index is 5.30. The molecule has 2 aromatic heterocycles. The van der Waals surface area contributed by atoms with E-state index in [1.165, 1.54) is 0 Å². The van der Waals surface area contributed by atoms with E-state index in [2.05, 4.69) is 20.6 Å². The van der Waals surface area contributed by atoms with Crippen molar-refractivity contribution >= 4 is 11.8 Å². The summed E-state index contributed by atoms with van der Waals surface area (Å²) in [6.45, 7) is 3.17. The van der Waals surface area contributed by atoms with Crippen LogP contribution in [0.4, 0.5) is 11.8 Å². The molecular formula is C18H20N4O2. The summed E-state index contributed by atoms with van der Waals surface area (Å²) in [5, 5.41) is 6.49. The van der Waals surface area contributed by atoms with Gasteiger partial charge in [-0.25, -0.2) is 4.98 Å². The normalized spacial score (nSPS) is 10.4. The molecule has 0 aliphatic carbocycles. The molecule has 0 fully saturated rings. The number of aryl methyl sites for hydroxylation is 1. The molecule has 0 amide bonds. The Bertz CT molecular complexity index is 770. The lowest BCUT2D eigenvalue weighted by atomic mass is 10.2. The maximum Gasteiger partial charge on any atom is 0.225 e. The van der Waals surface area contributed by atoms with Gasteiger partial charge in [-0.2, -0.15) is 4.98 Å². The van der Waals surface area contributed by atoms with Crippen LogP contribution in [0.2, 0.25) is 0 Å². The molecule has 2 heterocycles. The van der Waals surface area contributed by atoms with E-state index in [1.807, 2.05) is 49.4 Å². The highest BCUT2D eigenvalue weighted by Crippen LogP contribution is 2.15. The first-order valence-electron chi connectivity index (χ1n) is 7.71. The van der Waals surface area contributed by atoms with Crippen molar-refractivity contribution in [1.29, 1.82) is 0 Å². The molecule has 6 nitrogen and oxygen atoms in total. The molecule has 0 saturated carbocycles. The summed E-state index contributed by atoms with van der Waals surface area (Å²) in [5.74, 6) is 3.04. The Morgan fingerprint density at radius 1 is 1.04 bits per heavy atom. The number of hydrogen-bond donors (Lipinski definition) is 2. The predicted octanol–water partition coefficient (Wildman–Crippen LogP) is 3.61. The molecule has 6 heteroatoms. The summed E-state index contributed by atoms with van der Waals surface area (Å²) in [4.78, 5) is 8.87. The Morgan fingerprint density at radius 3 is 2.58 bits per heavy atom. The molecule has 0 aliphatic rings. The predicted molar refractivity (Wildman–Crippen MR) is 93.1 cm³/mol. The zero-order valence-corrected chi connectivity index (χ0v) is 13.7. The van der Waals surface area contributed by atoms with Gasteiger partial charge < -0.3 is 19.8 Å². The third kappa shape index (κ3) is 4.25. The molecule has 0 radical (unpaired) electrons. The minimum Gasteiger partial charge on any atom is -0.497 e. The highest BCUT2D eigenvalue weighted by molar-refractivity contribution is 5.43. The number of benzene rings is 1. The topological polar surface area (TPSA) is 72.2 Å². The Balaban J connectivity index is 1.62. The van der Waals surface area contributed by atoms with Gasteiger partial charge in [-0.3, -0.25) is 0 Å². The van der Waals surface area contributed by atoms with Crippen molar-refractivity contribution in [2.75, 3.05) is 17.7 Å². The van der Waals surface area contributed by atoms with Gasteiger partial charge in [0.1, 0.15) is 17.3 Å². The lowest BCUT2D eigenvalue weighted by molar-refractivity contribution is 0.414. The van der Waals surface area contributed by atoms with E-state index < -0.39 is 0 Å². The van der Waals surface area contributed by atoms with Crippen molar-refractivity contribution in [3.63, 3.8) is 0 Å². The van der Waals surface area contributed by atoms with E-state index >= 15 is 0 Å². The van der Waals surface area contributed by atoms with Crippen molar-refractivity contribution in [1.82, 2.24) is 9.97 Å². The monoisotopic (exact) mass is 324 g/mol. The summed E-state index contributed by atoms with van der Waals surface area (Å²) in [6.07, 6.45) is 1.65. The Kier molecular flexibility index (Phi) is 4.96. The first-order valence-corrected chi connectivity index (χ1v) is 7.71. The molecule has 2 N–H and O–H groups in total. The number of hydrogen-bond acceptors (Lipinski definition) is 6. The number of rotatable bonds is 7. The average Bonchev–Trinajstić information content (AvgIpc) is 3.12. The van der Waals surface area contributed by atoms with E-state index in [-0.39, 0.29) is 0 Å². The molecule has 0 aliphatic heterocycles. The summed E-state index contributed by atoms with van der Waals surface area (Å²) in [6, 6.07) is 13.6. The first kappa shape index (κ1) is 15.9. The van der Waals surface area contributed by atoms with Crippen LogP contribution < -0.4 is 15.4 Å². The van der Waals surface area contributed by atoms with E-state index in [9.17, 15) is 0 Å². The largest absolute Gasteiger partial charge is 0.497 e. The molecule has 0 spiro atoms. The zero-order chi connectivity index (χ0) is 16.8. The highest BCUT2D eigenvalue weighted by atomic mass is 16.5. The summed E-state index contributed by atoms with van der Waals surface area (Å²) >= 11 is 0.